The van der Waals surface area contributed by atoms with E-state index in [9.17, 15) is 4.79 Å². The van der Waals surface area contributed by atoms with Gasteiger partial charge < -0.3 is 14.2 Å². The minimum atomic E-state index is -0.787. The first-order chi connectivity index (χ1) is 16.1. The molecule has 8 heteroatoms. The Hall–Kier alpha value is -3.39. The van der Waals surface area contributed by atoms with Gasteiger partial charge in [0.1, 0.15) is 5.60 Å². The molecule has 0 aliphatic heterocycles. The van der Waals surface area contributed by atoms with E-state index in [1.54, 1.807) is 56.5 Å². The molecule has 0 aliphatic rings. The Morgan fingerprint density at radius 1 is 1.09 bits per heavy atom. The summed E-state index contributed by atoms with van der Waals surface area (Å²) in [4.78, 5) is 17.4. The number of carbonyl (C=O) groups excluding carboxylic acids is 1. The molecule has 2 aromatic carbocycles. The third-order valence-corrected chi connectivity index (χ3v) is 5.73. The fraction of sp³-hybridized carbons (Fsp3) is 0.346. The second-order valence-corrected chi connectivity index (χ2v) is 9.55. The van der Waals surface area contributed by atoms with E-state index in [2.05, 4.69) is 42.4 Å². The lowest BCUT2D eigenvalue weighted by Gasteiger charge is -2.19. The van der Waals surface area contributed by atoms with Gasteiger partial charge in [-0.2, -0.15) is 5.10 Å². The Morgan fingerprint density at radius 2 is 1.85 bits per heavy atom. The monoisotopic (exact) mass is 481 g/mol. The topological polar surface area (TPSA) is 74.4 Å². The molecule has 0 bridgehead atoms. The van der Waals surface area contributed by atoms with Crippen LogP contribution in [-0.2, 0) is 4.74 Å². The third kappa shape index (κ3) is 6.35. The minimum Gasteiger partial charge on any atom is -0.493 e. The molecule has 3 aromatic rings. The van der Waals surface area contributed by atoms with Crippen LogP contribution >= 0.6 is 11.3 Å². The summed E-state index contributed by atoms with van der Waals surface area (Å²) in [6, 6.07) is 11.6. The molecule has 0 radical (unpaired) electrons. The SMILES string of the molecule is CCN=c1scc(-c2ccc(C)c(C)c2)n1N=Cc1ccc(OC(=O)OC(C)(C)C)c(OC)c1. The summed E-state index contributed by atoms with van der Waals surface area (Å²) >= 11 is 1.55. The molecule has 0 N–H and O–H groups in total. The summed E-state index contributed by atoms with van der Waals surface area (Å²) in [6.45, 7) is 12.2. The van der Waals surface area contributed by atoms with Crippen molar-refractivity contribution in [3.05, 3.63) is 63.3 Å². The van der Waals surface area contributed by atoms with Crippen molar-refractivity contribution >= 4 is 23.7 Å². The molecular weight excluding hydrogens is 450 g/mol. The lowest BCUT2D eigenvalue weighted by molar-refractivity contribution is 0.0201. The number of nitrogens with zero attached hydrogens (tertiary/aromatic N) is 3. The number of aryl methyl sites for hydroxylation is 2. The maximum absolute atomic E-state index is 12.0. The Kier molecular flexibility index (Phi) is 7.94. The molecule has 7 nitrogen and oxygen atoms in total. The molecular formula is C26H31N3O4S. The summed E-state index contributed by atoms with van der Waals surface area (Å²) in [5, 5.41) is 6.78. The van der Waals surface area contributed by atoms with E-state index < -0.39 is 11.8 Å². The Bertz CT molecular complexity index is 1270. The number of hydrogen-bond acceptors (Lipinski definition) is 7. The highest BCUT2D eigenvalue weighted by molar-refractivity contribution is 7.07. The zero-order valence-electron chi connectivity index (χ0n) is 20.7. The molecule has 34 heavy (non-hydrogen) atoms. The van der Waals surface area contributed by atoms with Crippen LogP contribution in [0.4, 0.5) is 4.79 Å². The van der Waals surface area contributed by atoms with Crippen LogP contribution < -0.4 is 14.3 Å². The molecule has 1 aromatic heterocycles. The van der Waals surface area contributed by atoms with E-state index in [1.807, 2.05) is 11.6 Å². The number of carbonyl (C=O) groups is 1. The third-order valence-electron chi connectivity index (χ3n) is 4.87. The predicted octanol–water partition coefficient (Wildman–Crippen LogP) is 5.96. The minimum absolute atomic E-state index is 0.273. The fourth-order valence-electron chi connectivity index (χ4n) is 3.09. The van der Waals surface area contributed by atoms with E-state index in [0.29, 0.717) is 12.3 Å². The molecule has 3 rings (SSSR count). The lowest BCUT2D eigenvalue weighted by atomic mass is 10.1. The van der Waals surface area contributed by atoms with E-state index in [1.165, 1.54) is 18.2 Å². The summed E-state index contributed by atoms with van der Waals surface area (Å²) < 4.78 is 17.8. The molecule has 180 valence electrons. The smallest absolute Gasteiger partial charge is 0.493 e. The summed E-state index contributed by atoms with van der Waals surface area (Å²) in [7, 11) is 1.52. The van der Waals surface area contributed by atoms with Gasteiger partial charge in [0, 0.05) is 17.5 Å². The summed E-state index contributed by atoms with van der Waals surface area (Å²) in [5.41, 5.74) is 4.64. The largest absolute Gasteiger partial charge is 0.514 e. The van der Waals surface area contributed by atoms with Gasteiger partial charge in [-0.3, -0.25) is 4.99 Å². The molecule has 0 fully saturated rings. The van der Waals surface area contributed by atoms with Crippen molar-refractivity contribution in [3.63, 3.8) is 0 Å². The van der Waals surface area contributed by atoms with Gasteiger partial charge in [-0.25, -0.2) is 9.47 Å². The van der Waals surface area contributed by atoms with Crippen molar-refractivity contribution in [1.29, 1.82) is 0 Å². The Balaban J connectivity index is 1.93. The van der Waals surface area contributed by atoms with E-state index in [4.69, 9.17) is 19.3 Å². The highest BCUT2D eigenvalue weighted by atomic mass is 32.1. The predicted molar refractivity (Wildman–Crippen MR) is 136 cm³/mol. The first-order valence-corrected chi connectivity index (χ1v) is 11.9. The fourth-order valence-corrected chi connectivity index (χ4v) is 3.99. The zero-order chi connectivity index (χ0) is 24.9. The van der Waals surface area contributed by atoms with Crippen LogP contribution in [0.2, 0.25) is 0 Å². The number of aromatic nitrogens is 1. The van der Waals surface area contributed by atoms with Gasteiger partial charge in [0.25, 0.3) is 0 Å². The first-order valence-electron chi connectivity index (χ1n) is 11.0. The van der Waals surface area contributed by atoms with Crippen molar-refractivity contribution in [2.45, 2.75) is 47.1 Å². The molecule has 0 spiro atoms. The molecule has 0 atom stereocenters. The van der Waals surface area contributed by atoms with E-state index in [0.717, 1.165) is 21.6 Å². The second-order valence-electron chi connectivity index (χ2n) is 8.71. The average Bonchev–Trinajstić information content (AvgIpc) is 3.16. The number of rotatable bonds is 6. The maximum atomic E-state index is 12.0. The van der Waals surface area contributed by atoms with Gasteiger partial charge in [0.2, 0.25) is 4.80 Å². The van der Waals surface area contributed by atoms with Crippen molar-refractivity contribution in [2.24, 2.45) is 10.1 Å². The molecule has 0 unspecified atom stereocenters. The average molecular weight is 482 g/mol. The standard InChI is InChI=1S/C26H31N3O4S/c1-8-27-24-29(21(16-34-24)20-11-9-17(2)18(3)13-20)28-15-19-10-12-22(23(14-19)31-7)32-25(30)33-26(4,5)6/h9-16H,8H2,1-7H3. The highest BCUT2D eigenvalue weighted by Crippen LogP contribution is 2.29. The van der Waals surface area contributed by atoms with Gasteiger partial charge in [0.05, 0.1) is 19.0 Å². The van der Waals surface area contributed by atoms with Gasteiger partial charge >= 0.3 is 6.16 Å². The van der Waals surface area contributed by atoms with Gasteiger partial charge in [-0.15, -0.1) is 11.3 Å². The van der Waals surface area contributed by atoms with Crippen LogP contribution in [-0.4, -0.2) is 36.3 Å². The van der Waals surface area contributed by atoms with Crippen molar-refractivity contribution in [3.8, 4) is 22.8 Å². The molecule has 0 saturated carbocycles. The van der Waals surface area contributed by atoms with E-state index in [-0.39, 0.29) is 5.75 Å². The lowest BCUT2D eigenvalue weighted by Crippen LogP contribution is -2.26. The number of methoxy groups -OCH3 is 1. The number of hydrogen-bond donors (Lipinski definition) is 0. The zero-order valence-corrected chi connectivity index (χ0v) is 21.5. The summed E-state index contributed by atoms with van der Waals surface area (Å²) in [5.74, 6) is 0.674. The van der Waals surface area contributed by atoms with E-state index >= 15 is 0 Å². The molecule has 0 aliphatic carbocycles. The number of thiazole rings is 1. The quantitative estimate of drug-likeness (QED) is 0.247. The number of benzene rings is 2. The maximum Gasteiger partial charge on any atom is 0.514 e. The molecule has 1 heterocycles. The van der Waals surface area contributed by atoms with Crippen LogP contribution in [0.25, 0.3) is 11.3 Å². The Morgan fingerprint density at radius 3 is 2.50 bits per heavy atom. The summed E-state index contributed by atoms with van der Waals surface area (Å²) in [6.07, 6.45) is 0.941. The second kappa shape index (κ2) is 10.7. The highest BCUT2D eigenvalue weighted by Gasteiger charge is 2.19. The van der Waals surface area contributed by atoms with Crippen LogP contribution in [0.1, 0.15) is 44.4 Å². The van der Waals surface area contributed by atoms with Crippen molar-refractivity contribution in [1.82, 2.24) is 4.68 Å². The van der Waals surface area contributed by atoms with Crippen molar-refractivity contribution in [2.75, 3.05) is 13.7 Å². The van der Waals surface area contributed by atoms with Gasteiger partial charge in [-0.1, -0.05) is 12.1 Å². The molecule has 0 saturated heterocycles. The van der Waals surface area contributed by atoms with Crippen LogP contribution in [0.3, 0.4) is 0 Å². The van der Waals surface area contributed by atoms with Crippen LogP contribution in [0, 0.1) is 13.8 Å². The molecule has 0 amide bonds. The van der Waals surface area contributed by atoms with Gasteiger partial charge in [0.15, 0.2) is 11.5 Å². The van der Waals surface area contributed by atoms with Crippen LogP contribution in [0.15, 0.2) is 51.9 Å². The van der Waals surface area contributed by atoms with Crippen molar-refractivity contribution < 1.29 is 19.0 Å². The number of ether oxygens (including phenoxy) is 3. The van der Waals surface area contributed by atoms with Gasteiger partial charge in [-0.05, 0) is 82.5 Å². The normalized spacial score (nSPS) is 12.3. The first kappa shape index (κ1) is 25.2. The van der Waals surface area contributed by atoms with Crippen LogP contribution in [0.5, 0.6) is 11.5 Å². The Labute approximate surface area is 204 Å².